The van der Waals surface area contributed by atoms with Gasteiger partial charge < -0.3 is 0 Å². The van der Waals surface area contributed by atoms with Gasteiger partial charge in [0.2, 0.25) is 0 Å². The molecule has 21 saturated heterocycles. The number of nitrogens with zero attached hydrogens (tertiary/aromatic N) is 10. The number of hydrogen-bond acceptors (Lipinski definition) is 10. The Balaban J connectivity index is 0.0000000894. The van der Waals surface area contributed by atoms with Crippen LogP contribution >= 0.6 is 0 Å². The first-order valence-corrected chi connectivity index (χ1v) is 47.1. The van der Waals surface area contributed by atoms with Crippen LogP contribution in [0.2, 0.25) is 0 Å². The van der Waals surface area contributed by atoms with Gasteiger partial charge in [-0.05, 0) is 295 Å². The summed E-state index contributed by atoms with van der Waals surface area (Å²) in [5.41, 5.74) is 22.1. The number of benzene rings is 6. The molecule has 0 aromatic heterocycles. The minimum atomic E-state index is 0.320. The number of rotatable bonds is 6. The molecular formula is C105H146N10. The molecule has 26 unspecified atom stereocenters. The third-order valence-electron chi connectivity index (χ3n) is 37.7. The Hall–Kier alpha value is -5.08. The van der Waals surface area contributed by atoms with Crippen LogP contribution in [-0.4, -0.2) is 208 Å². The third kappa shape index (κ3) is 12.6. The Morgan fingerprint density at radius 1 is 0.261 bits per heavy atom. The highest BCUT2D eigenvalue weighted by molar-refractivity contribution is 5.45. The summed E-state index contributed by atoms with van der Waals surface area (Å²) in [6.07, 6.45) is 23.3. The fraction of sp³-hybridized carbons (Fsp3) is 0.657. The van der Waals surface area contributed by atoms with Crippen LogP contribution in [0, 0.1) is 88.9 Å². The maximum absolute atomic E-state index is 3.03. The Labute approximate surface area is 695 Å². The molecule has 6 aromatic rings. The Morgan fingerprint density at radius 2 is 0.574 bits per heavy atom. The lowest BCUT2D eigenvalue weighted by Crippen LogP contribution is -2.77. The molecule has 26 atom stereocenters. The number of hydrogen-bond donors (Lipinski definition) is 0. The summed E-state index contributed by atoms with van der Waals surface area (Å²) in [6, 6.07) is 58.9. The van der Waals surface area contributed by atoms with E-state index in [1.54, 1.807) is 33.4 Å². The first kappa shape index (κ1) is 78.5. The molecule has 4 saturated carbocycles. The van der Waals surface area contributed by atoms with Gasteiger partial charge >= 0.3 is 0 Å². The largest absolute Gasteiger partial charge is 0.299 e. The average Bonchev–Trinajstić information content (AvgIpc) is 0.604. The molecule has 6 aromatic carbocycles. The number of piperidine rings is 13. The maximum Gasteiger partial charge on any atom is 0.0533 e. The summed E-state index contributed by atoms with van der Waals surface area (Å²) in [5.74, 6) is 7.44. The summed E-state index contributed by atoms with van der Waals surface area (Å²) < 4.78 is 0. The van der Waals surface area contributed by atoms with Crippen LogP contribution in [0.3, 0.4) is 0 Å². The van der Waals surface area contributed by atoms with E-state index >= 15 is 0 Å². The third-order valence-corrected chi connectivity index (χ3v) is 37.7. The monoisotopic (exact) mass is 1550 g/mol. The molecule has 21 heterocycles. The normalized spacial score (nSPS) is 45.0. The van der Waals surface area contributed by atoms with E-state index in [2.05, 4.69) is 292 Å². The predicted molar refractivity (Wildman–Crippen MR) is 474 cm³/mol. The van der Waals surface area contributed by atoms with Crippen molar-refractivity contribution in [3.8, 4) is 0 Å². The van der Waals surface area contributed by atoms with E-state index in [0.717, 1.165) is 79.4 Å². The molecule has 24 bridgehead atoms. The molecule has 25 aliphatic rings. The molecule has 0 N–H and O–H groups in total. The van der Waals surface area contributed by atoms with E-state index in [0.29, 0.717) is 67.7 Å². The Bertz CT molecular complexity index is 4140. The molecule has 25 fully saturated rings. The van der Waals surface area contributed by atoms with E-state index in [1.165, 1.54) is 228 Å². The summed E-state index contributed by atoms with van der Waals surface area (Å²) >= 11 is 0. The second-order valence-electron chi connectivity index (χ2n) is 43.9. The van der Waals surface area contributed by atoms with Gasteiger partial charge in [-0.2, -0.15) is 0 Å². The lowest BCUT2D eigenvalue weighted by atomic mass is 9.47. The topological polar surface area (TPSA) is 32.4 Å². The fourth-order valence-electron chi connectivity index (χ4n) is 32.8. The SMILES string of the molecule is Cc1ccccc1C12CC3CC(C1)C(C)(C)N(C3)C2C.Cc1ccccc1C12CC3CC(C1)C1(CCCCC1)N(C3)C2C.Cc1ccccc1C12CC3CC(CN(C3)C1C)C2.Cc1ccccc1C12CC3CN(CN(C3)C1C)C2.Cc1ccccc1C12CC3CN(CN(C3)C1C)C2.Cc1ccccc1C12CN3CN(CN(C3)C1C)C2. The standard InChI is InChI=1S/C22H31N.C19H27N.C17H23N.2C16H22N2.C15H21N3/c1-16-8-4-5-9-20(16)21-13-18-12-19(14-21)22(10-6-3-7-11-22)23(15-18)17(21)2;1-13-7-5-6-8-17(13)19-10-15-9-16(11-19)18(3,4)20(12-15)14(19)2;1-12-5-3-4-6-16(12)17-8-14-7-15(9-17)11-18(10-14)13(17)2;2*1-12-5-3-4-6-15(12)16-7-14-8-17(10-16)11-18(9-14)13(16)2;1-12-5-3-4-6-14(12)15-7-16-9-17(8-15)11-18(10-16)13(15)2/h4-5,8-9,17-19H,3,6-7,10-15H2,1-2H3;5-8,14-16H,9-12H2,1-4H3;3-6,13-15H,7-11H2,1-2H3;2*3-6,13-14H,7-11H2,1-2H3;3-6,13H,7-11H2,1-2H3. The highest BCUT2D eigenvalue weighted by atomic mass is 15.6. The van der Waals surface area contributed by atoms with Gasteiger partial charge in [0, 0.05) is 158 Å². The van der Waals surface area contributed by atoms with E-state index < -0.39 is 0 Å². The van der Waals surface area contributed by atoms with E-state index in [-0.39, 0.29) is 0 Å². The fourth-order valence-corrected chi connectivity index (χ4v) is 32.8. The smallest absolute Gasteiger partial charge is 0.0533 e. The lowest BCUT2D eigenvalue weighted by Gasteiger charge is -2.71. The first-order valence-electron chi connectivity index (χ1n) is 47.1. The van der Waals surface area contributed by atoms with Gasteiger partial charge in [0.25, 0.3) is 0 Å². The van der Waals surface area contributed by atoms with Gasteiger partial charge in [-0.25, -0.2) is 0 Å². The van der Waals surface area contributed by atoms with Crippen molar-refractivity contribution in [1.29, 1.82) is 0 Å². The van der Waals surface area contributed by atoms with Crippen LogP contribution in [0.1, 0.15) is 225 Å². The van der Waals surface area contributed by atoms with E-state index in [4.69, 9.17) is 0 Å². The van der Waals surface area contributed by atoms with E-state index in [9.17, 15) is 0 Å². The zero-order chi connectivity index (χ0) is 79.1. The summed E-state index contributed by atoms with van der Waals surface area (Å²) in [5, 5.41) is 0. The van der Waals surface area contributed by atoms with Crippen molar-refractivity contribution < 1.29 is 0 Å². The summed E-state index contributed by atoms with van der Waals surface area (Å²) in [7, 11) is 0. The van der Waals surface area contributed by atoms with Crippen molar-refractivity contribution in [2.75, 3.05) is 112 Å². The molecule has 31 rings (SSSR count). The molecule has 115 heavy (non-hydrogen) atoms. The quantitative estimate of drug-likeness (QED) is 0.161. The molecule has 4 aliphatic carbocycles. The van der Waals surface area contributed by atoms with Gasteiger partial charge in [-0.3, -0.25) is 49.0 Å². The summed E-state index contributed by atoms with van der Waals surface area (Å²) in [6.45, 7) is 55.3. The van der Waals surface area contributed by atoms with E-state index in [1.807, 2.05) is 0 Å². The van der Waals surface area contributed by atoms with Gasteiger partial charge in [0.15, 0.2) is 0 Å². The molecular weight excluding hydrogens is 1400 g/mol. The first-order chi connectivity index (χ1) is 55.4. The van der Waals surface area contributed by atoms with Crippen molar-refractivity contribution in [3.63, 3.8) is 0 Å². The highest BCUT2D eigenvalue weighted by Gasteiger charge is 2.67. The van der Waals surface area contributed by atoms with Gasteiger partial charge in [0.05, 0.1) is 33.3 Å². The highest BCUT2D eigenvalue weighted by Crippen LogP contribution is 2.66. The molecule has 0 radical (unpaired) electrons. The van der Waals surface area contributed by atoms with Crippen LogP contribution in [0.5, 0.6) is 0 Å². The minimum absolute atomic E-state index is 0.320. The van der Waals surface area contributed by atoms with Gasteiger partial charge in [-0.1, -0.05) is 165 Å². The van der Waals surface area contributed by atoms with Crippen LogP contribution in [-0.2, 0) is 32.5 Å². The van der Waals surface area contributed by atoms with Crippen LogP contribution in [0.25, 0.3) is 0 Å². The lowest BCUT2D eigenvalue weighted by molar-refractivity contribution is -0.182. The second-order valence-corrected chi connectivity index (χ2v) is 43.9. The molecule has 21 aliphatic heterocycles. The van der Waals surface area contributed by atoms with Gasteiger partial charge in [-0.15, -0.1) is 0 Å². The van der Waals surface area contributed by atoms with Crippen molar-refractivity contribution in [3.05, 3.63) is 212 Å². The molecule has 10 heteroatoms. The minimum Gasteiger partial charge on any atom is -0.299 e. The van der Waals surface area contributed by atoms with Crippen molar-refractivity contribution in [2.24, 2.45) is 47.3 Å². The zero-order valence-electron chi connectivity index (χ0n) is 73.7. The number of aryl methyl sites for hydroxylation is 6. The van der Waals surface area contributed by atoms with Crippen molar-refractivity contribution in [1.82, 2.24) is 49.0 Å². The maximum atomic E-state index is 3.03. The van der Waals surface area contributed by atoms with Crippen LogP contribution in [0.15, 0.2) is 146 Å². The Kier molecular flexibility index (Phi) is 20.0. The van der Waals surface area contributed by atoms with Crippen LogP contribution in [0.4, 0.5) is 0 Å². The van der Waals surface area contributed by atoms with Crippen molar-refractivity contribution in [2.45, 2.75) is 279 Å². The Morgan fingerprint density at radius 3 is 1.00 bits per heavy atom. The zero-order valence-corrected chi connectivity index (χ0v) is 73.7. The van der Waals surface area contributed by atoms with Gasteiger partial charge in [0.1, 0.15) is 0 Å². The second kappa shape index (κ2) is 29.3. The van der Waals surface area contributed by atoms with Crippen LogP contribution < -0.4 is 0 Å². The van der Waals surface area contributed by atoms with Crippen molar-refractivity contribution >= 4 is 0 Å². The summed E-state index contributed by atoms with van der Waals surface area (Å²) in [4.78, 5) is 27.2. The molecule has 1 spiro atoms. The molecule has 616 valence electrons. The average molecular weight is 1550 g/mol. The molecule has 0 amide bonds. The predicted octanol–water partition coefficient (Wildman–Crippen LogP) is 18.5. The molecule has 10 nitrogen and oxygen atoms in total.